The highest BCUT2D eigenvalue weighted by molar-refractivity contribution is 7.95. The maximum Gasteiger partial charge on any atom is 0.320 e. The summed E-state index contributed by atoms with van der Waals surface area (Å²) in [4.78, 5) is 210. The molecule has 40 nitrogen and oxygen atoms in total. The number of hydrogen-bond acceptors (Lipinski definition) is 22. The van der Waals surface area contributed by atoms with Crippen molar-refractivity contribution in [3.8, 4) is 17.2 Å². The molecule has 0 unspecified atom stereocenters. The number of carboxylic acids is 1. The summed E-state index contributed by atoms with van der Waals surface area (Å²) in [6.45, 7) is 9.09. The number of methoxy groups -OCH3 is 3. The minimum Gasteiger partial charge on any atom is -1.00 e. The molecule has 706 valence electrons. The molecule has 8 atom stereocenters. The van der Waals surface area contributed by atoms with Crippen LogP contribution in [0.2, 0.25) is 0 Å². The molecular formula is C88H123BrN21O19P. The predicted molar refractivity (Wildman–Crippen MR) is 480 cm³/mol. The summed E-state index contributed by atoms with van der Waals surface area (Å²) in [6, 6.07) is 20.9. The number of halogens is 1. The minimum atomic E-state index is -2.45. The van der Waals surface area contributed by atoms with Crippen LogP contribution in [0.4, 0.5) is 0 Å². The second kappa shape index (κ2) is 54.4. The maximum atomic E-state index is 14.4. The molecule has 0 radical (unpaired) electrons. The van der Waals surface area contributed by atoms with Crippen LogP contribution in [-0.2, 0) is 97.8 Å². The number of para-hydroxylation sites is 1. The first-order valence-corrected chi connectivity index (χ1v) is 44.9. The summed E-state index contributed by atoms with van der Waals surface area (Å²) < 4.78 is 17.7. The van der Waals surface area contributed by atoms with Crippen molar-refractivity contribution in [1.29, 1.82) is 0 Å². The second-order valence-electron chi connectivity index (χ2n) is 31.8. The highest BCUT2D eigenvalue weighted by Crippen LogP contribution is 2.56. The first kappa shape index (κ1) is 106. The number of aliphatic carboxylic acids is 1. The third-order valence-electron chi connectivity index (χ3n) is 21.1. The number of unbranched alkanes of at least 4 members (excludes halogenated alkanes) is 2. The number of ether oxygens (including phenoxy) is 3. The highest BCUT2D eigenvalue weighted by atomic mass is 79.9. The zero-order valence-corrected chi connectivity index (χ0v) is 77.1. The van der Waals surface area contributed by atoms with Gasteiger partial charge in [-0.05, 0) is 142 Å². The SMILES string of the molecule is CCCC[C@H](NC(=O)[C@H](CC(C)C)NC(=O)[C@H](Cc1c[nH]cn1)NC(=O)CNC(=O)[C@@H](NC(=O)[C@H](C)NC(=O)[C@H](Cc1c[nH]c2ccccc12)NC(=O)[C@H](CCC(N)=O)NC(=O)CCNC(=O)CCNC(=O)CCNC(=O)Cn1cc(CN[C@@H](CCCCNC(=O)CC[P+](c2ccc(OC)cc2)(c2ccc(OC)cc2)c2ccc(OC)cc2)C(=O)O)nn1)C(C)C)C(N)=O.[Br-]. The lowest BCUT2D eigenvalue weighted by Crippen LogP contribution is -3.00. The Morgan fingerprint density at radius 1 is 0.500 bits per heavy atom. The zero-order valence-electron chi connectivity index (χ0n) is 74.6. The van der Waals surface area contributed by atoms with Gasteiger partial charge in [-0.25, -0.2) is 9.67 Å². The standard InChI is InChI=1S/C88H122N21O19P.BrH/c1-10-11-17-67(81(90)117)103-85(121)70(43-53(2)3)104-86(122)72(45-57-47-91-52-99-57)102-78(115)49-98-87(123)80(54(4)5)106-82(118)55(6)100-84(120)71(44-56-46-96-66-18-13-12-16-65(56)66)105-83(119)68(32-33-73(89)110)101-77(114)36-41-94-74(111)34-39-93-75(112)35-40-95-79(116)51-109-50-58(107-108-109)48-97-69(88(124)125)19-14-15-38-92-76(113)37-42-129(62-26-20-59(126-7)21-27-62,63-28-22-60(127-8)23-29-63)64-30-24-61(128-9)25-31-64;/h12-13,16,18,20-31,46-47,50,52-55,67-72,80,96-97H,10-11,14-15,17,19,32-45,48-49,51H2,1-9H3,(H17-,89,90,91,92,93,94,95,98,99,100,101,102,103,104,105,106,110,111,112,113,114,115,116,117,118,119,120,121,122,123,124,125);1H/t55-,67-,68-,69-,70-,71-,72-,80-;/m0./s1. The molecule has 0 aliphatic rings. The molecule has 0 bridgehead atoms. The van der Waals surface area contributed by atoms with Crippen molar-refractivity contribution in [1.82, 2.24) is 99.1 Å². The van der Waals surface area contributed by atoms with E-state index in [0.717, 1.165) is 22.3 Å². The van der Waals surface area contributed by atoms with Crippen LogP contribution < -0.4 is 128 Å². The fraction of sp³-hybridized carbons (Fsp3) is 0.477. The molecule has 20 N–H and O–H groups in total. The lowest BCUT2D eigenvalue weighted by Gasteiger charge is -2.28. The van der Waals surface area contributed by atoms with Crippen LogP contribution in [0.1, 0.15) is 142 Å². The molecule has 7 aromatic rings. The lowest BCUT2D eigenvalue weighted by molar-refractivity contribution is -0.140. The van der Waals surface area contributed by atoms with Crippen molar-refractivity contribution >= 4 is 123 Å². The minimum absolute atomic E-state index is 0. The Morgan fingerprint density at radius 2 is 1.02 bits per heavy atom. The average Bonchev–Trinajstić information content (AvgIpc) is 0.850. The molecular weight excluding hydrogens is 1770 g/mol. The molecule has 0 aliphatic carbocycles. The molecule has 0 saturated carbocycles. The number of carbonyl (C=O) groups excluding carboxylic acids is 14. The van der Waals surface area contributed by atoms with Crippen molar-refractivity contribution in [3.63, 3.8) is 0 Å². The van der Waals surface area contributed by atoms with E-state index < -0.39 is 151 Å². The summed E-state index contributed by atoms with van der Waals surface area (Å²) in [5.74, 6) is -9.43. The number of primary amides is 2. The number of benzene rings is 4. The van der Waals surface area contributed by atoms with Gasteiger partial charge < -0.3 is 122 Å². The van der Waals surface area contributed by atoms with Crippen LogP contribution in [0.3, 0.4) is 0 Å². The highest BCUT2D eigenvalue weighted by Gasteiger charge is 2.46. The van der Waals surface area contributed by atoms with Gasteiger partial charge in [0.2, 0.25) is 82.7 Å². The molecule has 130 heavy (non-hydrogen) atoms. The lowest BCUT2D eigenvalue weighted by atomic mass is 10.0. The summed E-state index contributed by atoms with van der Waals surface area (Å²) in [5.41, 5.74) is 13.1. The van der Waals surface area contributed by atoms with E-state index in [1.54, 1.807) is 65.6 Å². The number of imidazole rings is 1. The third-order valence-corrected chi connectivity index (χ3v) is 25.6. The number of nitrogens with two attached hydrogens (primary N) is 2. The number of nitrogens with one attached hydrogen (secondary N) is 15. The van der Waals surface area contributed by atoms with E-state index in [4.69, 9.17) is 25.7 Å². The van der Waals surface area contributed by atoms with Crippen molar-refractivity contribution in [2.45, 2.75) is 199 Å². The van der Waals surface area contributed by atoms with Gasteiger partial charge in [-0.3, -0.25) is 77.2 Å². The van der Waals surface area contributed by atoms with Gasteiger partial charge in [0.15, 0.2) is 0 Å². The van der Waals surface area contributed by atoms with Gasteiger partial charge in [-0.2, -0.15) is 0 Å². The maximum absolute atomic E-state index is 14.4. The zero-order chi connectivity index (χ0) is 94.1. The van der Waals surface area contributed by atoms with Crippen LogP contribution in [0.15, 0.2) is 122 Å². The van der Waals surface area contributed by atoms with E-state index in [1.165, 1.54) is 30.3 Å². The fourth-order valence-corrected chi connectivity index (χ4v) is 18.3. The van der Waals surface area contributed by atoms with E-state index in [9.17, 15) is 77.0 Å². The van der Waals surface area contributed by atoms with E-state index in [1.807, 2.05) is 93.6 Å². The molecule has 0 fully saturated rings. The number of carboxylic acid groups (broad SMARTS) is 1. The van der Waals surface area contributed by atoms with E-state index >= 15 is 0 Å². The van der Waals surface area contributed by atoms with Crippen molar-refractivity contribution < 1.29 is 108 Å². The van der Waals surface area contributed by atoms with Gasteiger partial charge >= 0.3 is 5.97 Å². The summed E-state index contributed by atoms with van der Waals surface area (Å²) in [6.07, 6.45) is 7.93. The Bertz CT molecular complexity index is 4790. The Balaban J connectivity index is 0.0000260. The molecule has 0 aliphatic heterocycles. The van der Waals surface area contributed by atoms with Crippen LogP contribution >= 0.6 is 7.26 Å². The number of hydrogen-bond donors (Lipinski definition) is 18. The monoisotopic (exact) mass is 1890 g/mol. The Morgan fingerprint density at radius 3 is 1.58 bits per heavy atom. The van der Waals surface area contributed by atoms with E-state index in [2.05, 4.69) is 94.4 Å². The van der Waals surface area contributed by atoms with Crippen LogP contribution in [0.5, 0.6) is 17.2 Å². The van der Waals surface area contributed by atoms with Crippen LogP contribution in [0, 0.1) is 11.8 Å². The molecule has 14 amide bonds. The van der Waals surface area contributed by atoms with E-state index in [0.29, 0.717) is 77.1 Å². The number of aromatic amines is 2. The summed E-state index contributed by atoms with van der Waals surface area (Å²) in [7, 11) is 2.37. The number of rotatable bonds is 58. The molecule has 4 aromatic carbocycles. The molecule has 0 saturated heterocycles. The van der Waals surface area contributed by atoms with Crippen molar-refractivity contribution in [3.05, 3.63) is 139 Å². The van der Waals surface area contributed by atoms with Gasteiger partial charge in [-0.1, -0.05) is 70.9 Å². The van der Waals surface area contributed by atoms with Crippen molar-refractivity contribution in [2.24, 2.45) is 23.3 Å². The Labute approximate surface area is 765 Å². The van der Waals surface area contributed by atoms with Gasteiger partial charge in [-0.15, -0.1) is 5.10 Å². The first-order chi connectivity index (χ1) is 61.7. The molecule has 3 aromatic heterocycles. The average molecular weight is 1890 g/mol. The van der Waals surface area contributed by atoms with Gasteiger partial charge in [0.05, 0.1) is 64.4 Å². The van der Waals surface area contributed by atoms with Crippen LogP contribution in [-0.4, -0.2) is 232 Å². The quantitative estimate of drug-likeness (QED) is 0.0133. The first-order valence-electron chi connectivity index (χ1n) is 43.0. The third kappa shape index (κ3) is 34.6. The fourth-order valence-electron chi connectivity index (χ4n) is 14.1. The number of H-pyrrole nitrogens is 2. The number of fused-ring (bicyclic) bond motifs is 1. The Hall–Kier alpha value is -12.9. The van der Waals surface area contributed by atoms with Crippen LogP contribution in [0.25, 0.3) is 10.9 Å². The second-order valence-corrected chi connectivity index (χ2v) is 35.4. The largest absolute Gasteiger partial charge is 1.00 e. The number of carbonyl (C=O) groups is 15. The predicted octanol–water partition coefficient (Wildman–Crippen LogP) is -3.10. The van der Waals surface area contributed by atoms with E-state index in [-0.39, 0.29) is 132 Å². The smallest absolute Gasteiger partial charge is 0.320 e. The summed E-state index contributed by atoms with van der Waals surface area (Å²) >= 11 is 0. The number of amides is 14. The molecule has 0 spiro atoms. The summed E-state index contributed by atoms with van der Waals surface area (Å²) in [5, 5.41) is 56.5. The number of nitrogens with zero attached hydrogens (tertiary/aromatic N) is 4. The van der Waals surface area contributed by atoms with Gasteiger partial charge in [0.1, 0.15) is 95.3 Å². The topological polar surface area (TPSA) is 588 Å². The molecule has 7 rings (SSSR count). The van der Waals surface area contributed by atoms with Gasteiger partial charge in [0, 0.05) is 94.5 Å². The van der Waals surface area contributed by atoms with Gasteiger partial charge in [0.25, 0.3) is 0 Å². The normalized spacial score (nSPS) is 13.0. The molecule has 3 heterocycles. The molecule has 42 heteroatoms. The van der Waals surface area contributed by atoms with Crippen molar-refractivity contribution in [2.75, 3.05) is 60.2 Å². The Kier molecular flexibility index (Phi) is 44.3. The number of aromatic nitrogens is 6.